The first-order chi connectivity index (χ1) is 10.1. The summed E-state index contributed by atoms with van der Waals surface area (Å²) in [6, 6.07) is 14.0. The Morgan fingerprint density at radius 2 is 1.71 bits per heavy atom. The van der Waals surface area contributed by atoms with E-state index in [0.29, 0.717) is 11.6 Å². The van der Waals surface area contributed by atoms with Gasteiger partial charge < -0.3 is 10.3 Å². The molecule has 2 aromatic carbocycles. The molecule has 21 heavy (non-hydrogen) atoms. The smallest absolute Gasteiger partial charge is 0.177 e. The molecule has 0 amide bonds. The van der Waals surface area contributed by atoms with Gasteiger partial charge in [0, 0.05) is 15.6 Å². The van der Waals surface area contributed by atoms with Crippen LogP contribution in [0.15, 0.2) is 51.5 Å². The maximum atomic E-state index is 6.04. The van der Waals surface area contributed by atoms with Gasteiger partial charge in [-0.1, -0.05) is 57.5 Å². The molecule has 0 saturated heterocycles. The summed E-state index contributed by atoms with van der Waals surface area (Å²) < 4.78 is 6.50. The highest BCUT2D eigenvalue weighted by Crippen LogP contribution is 2.41. The number of hydrogen-bond donors (Lipinski definition) is 1. The monoisotopic (exact) mass is 342 g/mol. The van der Waals surface area contributed by atoms with Crippen LogP contribution in [-0.2, 0) is 0 Å². The van der Waals surface area contributed by atoms with Gasteiger partial charge in [0.05, 0.1) is 5.56 Å². The fraction of sp³-hybridized carbons (Fsp3) is 0.118. The Balaban J connectivity index is 2.28. The van der Waals surface area contributed by atoms with Crippen molar-refractivity contribution in [3.05, 3.63) is 58.1 Å². The number of nitrogen functional groups attached to an aromatic ring is 1. The van der Waals surface area contributed by atoms with E-state index in [1.165, 1.54) is 11.1 Å². The largest absolute Gasteiger partial charge is 0.380 e. The zero-order chi connectivity index (χ0) is 15.0. The predicted molar refractivity (Wildman–Crippen MR) is 89.0 cm³/mol. The second kappa shape index (κ2) is 5.37. The van der Waals surface area contributed by atoms with Crippen LogP contribution in [-0.4, -0.2) is 5.16 Å². The summed E-state index contributed by atoms with van der Waals surface area (Å²) in [7, 11) is 0. The van der Waals surface area contributed by atoms with E-state index in [1.54, 1.807) is 0 Å². The van der Waals surface area contributed by atoms with Crippen LogP contribution in [0, 0.1) is 13.8 Å². The molecule has 1 aromatic heterocycles. The molecule has 1 heterocycles. The first-order valence-corrected chi connectivity index (χ1v) is 7.45. The number of halogens is 1. The molecule has 2 N–H and O–H groups in total. The van der Waals surface area contributed by atoms with Crippen molar-refractivity contribution >= 4 is 21.7 Å². The van der Waals surface area contributed by atoms with Gasteiger partial charge in [-0.25, -0.2) is 0 Å². The minimum absolute atomic E-state index is 0.401. The summed E-state index contributed by atoms with van der Waals surface area (Å²) in [5.41, 5.74) is 11.2. The molecule has 0 fully saturated rings. The first-order valence-electron chi connectivity index (χ1n) is 6.66. The number of aryl methyl sites for hydroxylation is 1. The average Bonchev–Trinajstić information content (AvgIpc) is 2.84. The number of anilines is 1. The molecule has 3 rings (SSSR count). The van der Waals surface area contributed by atoms with Crippen LogP contribution in [0.25, 0.3) is 22.5 Å². The van der Waals surface area contributed by atoms with E-state index in [0.717, 1.165) is 21.2 Å². The third-order valence-electron chi connectivity index (χ3n) is 3.71. The Morgan fingerprint density at radius 3 is 2.48 bits per heavy atom. The van der Waals surface area contributed by atoms with Crippen LogP contribution in [0.1, 0.15) is 11.1 Å². The van der Waals surface area contributed by atoms with Crippen molar-refractivity contribution in [2.24, 2.45) is 0 Å². The Morgan fingerprint density at radius 1 is 1.00 bits per heavy atom. The number of aromatic nitrogens is 1. The zero-order valence-electron chi connectivity index (χ0n) is 11.9. The zero-order valence-corrected chi connectivity index (χ0v) is 13.4. The van der Waals surface area contributed by atoms with E-state index in [2.05, 4.69) is 41.0 Å². The Kier molecular flexibility index (Phi) is 3.55. The Labute approximate surface area is 131 Å². The van der Waals surface area contributed by atoms with Crippen LogP contribution in [0.2, 0.25) is 0 Å². The van der Waals surface area contributed by atoms with Gasteiger partial charge in [-0.2, -0.15) is 0 Å². The summed E-state index contributed by atoms with van der Waals surface area (Å²) in [5, 5.41) is 3.96. The van der Waals surface area contributed by atoms with Crippen molar-refractivity contribution in [2.75, 3.05) is 5.73 Å². The number of benzene rings is 2. The lowest BCUT2D eigenvalue weighted by atomic mass is 9.96. The van der Waals surface area contributed by atoms with Crippen LogP contribution < -0.4 is 5.73 Å². The van der Waals surface area contributed by atoms with Gasteiger partial charge >= 0.3 is 0 Å². The fourth-order valence-corrected chi connectivity index (χ4v) is 2.89. The maximum Gasteiger partial charge on any atom is 0.177 e. The molecule has 0 aliphatic heterocycles. The summed E-state index contributed by atoms with van der Waals surface area (Å²) in [6.45, 7) is 4.16. The molecular formula is C17H15BrN2O. The fourth-order valence-electron chi connectivity index (χ4n) is 2.41. The summed E-state index contributed by atoms with van der Waals surface area (Å²) in [4.78, 5) is 0. The van der Waals surface area contributed by atoms with E-state index in [4.69, 9.17) is 10.3 Å². The predicted octanol–water partition coefficient (Wildman–Crippen LogP) is 4.97. The molecule has 0 spiro atoms. The van der Waals surface area contributed by atoms with Gasteiger partial charge in [0.15, 0.2) is 11.6 Å². The van der Waals surface area contributed by atoms with Gasteiger partial charge in [0.2, 0.25) is 0 Å². The van der Waals surface area contributed by atoms with E-state index in [-0.39, 0.29) is 0 Å². The lowest BCUT2D eigenvalue weighted by Gasteiger charge is -2.09. The molecule has 3 aromatic rings. The second-order valence-corrected chi connectivity index (χ2v) is 5.85. The van der Waals surface area contributed by atoms with Crippen molar-refractivity contribution in [1.29, 1.82) is 0 Å². The van der Waals surface area contributed by atoms with Crippen molar-refractivity contribution in [1.82, 2.24) is 5.16 Å². The van der Waals surface area contributed by atoms with Crippen molar-refractivity contribution in [3.8, 4) is 22.5 Å². The van der Waals surface area contributed by atoms with Crippen molar-refractivity contribution in [2.45, 2.75) is 13.8 Å². The average molecular weight is 343 g/mol. The maximum absolute atomic E-state index is 6.04. The van der Waals surface area contributed by atoms with Gasteiger partial charge in [-0.3, -0.25) is 0 Å². The third kappa shape index (κ3) is 2.36. The molecular weight excluding hydrogens is 328 g/mol. The van der Waals surface area contributed by atoms with Gasteiger partial charge in [-0.15, -0.1) is 0 Å². The van der Waals surface area contributed by atoms with Crippen LogP contribution >= 0.6 is 15.9 Å². The number of hydrogen-bond acceptors (Lipinski definition) is 3. The van der Waals surface area contributed by atoms with Crippen LogP contribution in [0.4, 0.5) is 5.82 Å². The molecule has 0 atom stereocenters. The van der Waals surface area contributed by atoms with Crippen LogP contribution in [0.3, 0.4) is 0 Å². The molecule has 0 unspecified atom stereocenters. The molecule has 3 nitrogen and oxygen atoms in total. The Hall–Kier alpha value is -2.07. The third-order valence-corrected chi connectivity index (χ3v) is 4.40. The molecule has 0 aliphatic rings. The van der Waals surface area contributed by atoms with Crippen molar-refractivity contribution in [3.63, 3.8) is 0 Å². The summed E-state index contributed by atoms with van der Waals surface area (Å²) in [6.07, 6.45) is 0. The van der Waals surface area contributed by atoms with E-state index >= 15 is 0 Å². The highest BCUT2D eigenvalue weighted by Gasteiger charge is 2.20. The topological polar surface area (TPSA) is 52.0 Å². The Bertz CT molecular complexity index is 808. The first kappa shape index (κ1) is 13.9. The normalized spacial score (nSPS) is 10.8. The lowest BCUT2D eigenvalue weighted by Crippen LogP contribution is -1.91. The van der Waals surface area contributed by atoms with E-state index in [1.807, 2.05) is 36.4 Å². The number of nitrogens with two attached hydrogens (primary N) is 1. The molecule has 0 aliphatic carbocycles. The van der Waals surface area contributed by atoms with E-state index in [9.17, 15) is 0 Å². The van der Waals surface area contributed by atoms with Crippen molar-refractivity contribution < 1.29 is 4.52 Å². The molecule has 106 valence electrons. The second-order valence-electron chi connectivity index (χ2n) is 5.00. The molecule has 0 saturated carbocycles. The molecule has 0 bridgehead atoms. The number of nitrogens with zero attached hydrogens (tertiary/aromatic N) is 1. The van der Waals surface area contributed by atoms with E-state index < -0.39 is 0 Å². The lowest BCUT2D eigenvalue weighted by molar-refractivity contribution is 0.436. The summed E-state index contributed by atoms with van der Waals surface area (Å²) in [5.74, 6) is 1.11. The summed E-state index contributed by atoms with van der Waals surface area (Å²) >= 11 is 3.57. The highest BCUT2D eigenvalue weighted by molar-refractivity contribution is 9.10. The minimum Gasteiger partial charge on any atom is -0.380 e. The molecule has 4 heteroatoms. The highest BCUT2D eigenvalue weighted by atomic mass is 79.9. The van der Waals surface area contributed by atoms with Gasteiger partial charge in [0.1, 0.15) is 0 Å². The van der Waals surface area contributed by atoms with Gasteiger partial charge in [-0.05, 0) is 31.0 Å². The molecule has 0 radical (unpaired) electrons. The SMILES string of the molecule is Cc1cccc(-c2onc(N)c2-c2ccccc2Br)c1C. The van der Waals surface area contributed by atoms with Crippen LogP contribution in [0.5, 0.6) is 0 Å². The number of rotatable bonds is 2. The standard InChI is InChI=1S/C17H15BrN2O/c1-10-6-5-8-12(11(10)2)16-15(17(19)20-21-16)13-7-3-4-9-14(13)18/h3-9H,1-2H3,(H2,19,20). The van der Waals surface area contributed by atoms with Gasteiger partial charge in [0.25, 0.3) is 0 Å². The quantitative estimate of drug-likeness (QED) is 0.715. The minimum atomic E-state index is 0.401.